The van der Waals surface area contributed by atoms with Crippen molar-refractivity contribution in [2.45, 2.75) is 13.8 Å². The fraction of sp³-hybridized carbons (Fsp3) is 0.261. The van der Waals surface area contributed by atoms with Crippen molar-refractivity contribution in [3.63, 3.8) is 0 Å². The number of aromatic nitrogens is 2. The first-order chi connectivity index (χ1) is 14.0. The predicted molar refractivity (Wildman–Crippen MR) is 113 cm³/mol. The number of carbonyl (C=O) groups excluding carboxylic acids is 1. The van der Waals surface area contributed by atoms with E-state index in [9.17, 15) is 9.90 Å². The average molecular weight is 388 g/mol. The minimum absolute atomic E-state index is 0.0409. The molecule has 0 radical (unpaired) electrons. The molecule has 29 heavy (non-hydrogen) atoms. The van der Waals surface area contributed by atoms with Crippen LogP contribution in [-0.2, 0) is 0 Å². The Morgan fingerprint density at radius 1 is 1.00 bits per heavy atom. The molecule has 2 aromatic carbocycles. The molecule has 6 heteroatoms. The van der Waals surface area contributed by atoms with E-state index in [1.54, 1.807) is 18.3 Å². The average Bonchev–Trinajstić information content (AvgIpc) is 2.75. The van der Waals surface area contributed by atoms with E-state index in [1.807, 2.05) is 55.1 Å². The van der Waals surface area contributed by atoms with Gasteiger partial charge in [0.25, 0.3) is 5.91 Å². The van der Waals surface area contributed by atoms with Crippen LogP contribution in [0.25, 0.3) is 11.3 Å². The number of anilines is 1. The summed E-state index contributed by atoms with van der Waals surface area (Å²) in [6.45, 7) is 6.83. The normalized spacial score (nSPS) is 14.1. The molecule has 1 N–H and O–H groups in total. The number of aryl methyl sites for hydroxylation is 1. The Hall–Kier alpha value is -3.41. The van der Waals surface area contributed by atoms with Gasteiger partial charge in [-0.3, -0.25) is 4.79 Å². The molecule has 0 saturated carbocycles. The molecule has 0 aliphatic carbocycles. The zero-order chi connectivity index (χ0) is 20.4. The predicted octanol–water partition coefficient (Wildman–Crippen LogP) is 3.43. The summed E-state index contributed by atoms with van der Waals surface area (Å²) in [6.07, 6.45) is 1.76. The van der Waals surface area contributed by atoms with Crippen LogP contribution < -0.4 is 4.90 Å². The molecule has 1 fully saturated rings. The molecule has 2 heterocycles. The van der Waals surface area contributed by atoms with Gasteiger partial charge in [-0.15, -0.1) is 0 Å². The Labute approximate surface area is 170 Å². The standard InChI is InChI=1S/C23H24N4O2/c1-16-15-24-25-22(17(16)2)18-6-8-19(9-7-18)23(29)27-12-10-26(11-13-27)20-4-3-5-21(28)14-20/h3-9,14-15,28H,10-13H2,1-2H3. The topological polar surface area (TPSA) is 69.6 Å². The Kier molecular flexibility index (Phi) is 5.16. The molecule has 0 bridgehead atoms. The van der Waals surface area contributed by atoms with Gasteiger partial charge in [-0.2, -0.15) is 10.2 Å². The first-order valence-corrected chi connectivity index (χ1v) is 9.75. The summed E-state index contributed by atoms with van der Waals surface area (Å²) < 4.78 is 0. The second-order valence-electron chi connectivity index (χ2n) is 7.38. The lowest BCUT2D eigenvalue weighted by atomic mass is 10.0. The summed E-state index contributed by atoms with van der Waals surface area (Å²) in [4.78, 5) is 17.0. The molecule has 4 rings (SSSR count). The van der Waals surface area contributed by atoms with Gasteiger partial charge in [0.05, 0.1) is 11.9 Å². The van der Waals surface area contributed by atoms with E-state index in [-0.39, 0.29) is 11.7 Å². The third kappa shape index (κ3) is 3.92. The van der Waals surface area contributed by atoms with E-state index < -0.39 is 0 Å². The van der Waals surface area contributed by atoms with Gasteiger partial charge in [-0.1, -0.05) is 18.2 Å². The van der Waals surface area contributed by atoms with Crippen LogP contribution >= 0.6 is 0 Å². The molecule has 148 valence electrons. The first-order valence-electron chi connectivity index (χ1n) is 9.75. The highest BCUT2D eigenvalue weighted by molar-refractivity contribution is 5.95. The van der Waals surface area contributed by atoms with Crippen molar-refractivity contribution >= 4 is 11.6 Å². The van der Waals surface area contributed by atoms with Gasteiger partial charge in [-0.05, 0) is 49.2 Å². The van der Waals surface area contributed by atoms with Crippen molar-refractivity contribution in [1.82, 2.24) is 15.1 Å². The van der Waals surface area contributed by atoms with Crippen molar-refractivity contribution < 1.29 is 9.90 Å². The Balaban J connectivity index is 1.43. The van der Waals surface area contributed by atoms with E-state index in [0.717, 1.165) is 41.2 Å². The maximum Gasteiger partial charge on any atom is 0.253 e. The van der Waals surface area contributed by atoms with E-state index in [2.05, 4.69) is 15.1 Å². The largest absolute Gasteiger partial charge is 0.508 e. The molecule has 1 aliphatic rings. The Morgan fingerprint density at radius 3 is 2.41 bits per heavy atom. The van der Waals surface area contributed by atoms with Crippen LogP contribution in [-0.4, -0.2) is 52.3 Å². The molecule has 3 aromatic rings. The minimum atomic E-state index is 0.0409. The molecule has 0 atom stereocenters. The minimum Gasteiger partial charge on any atom is -0.508 e. The van der Waals surface area contributed by atoms with Crippen LogP contribution in [0.5, 0.6) is 5.75 Å². The number of nitrogens with zero attached hydrogens (tertiary/aromatic N) is 4. The summed E-state index contributed by atoms with van der Waals surface area (Å²) >= 11 is 0. The molecule has 1 aliphatic heterocycles. The van der Waals surface area contributed by atoms with Crippen LogP contribution in [0.2, 0.25) is 0 Å². The lowest BCUT2D eigenvalue weighted by molar-refractivity contribution is 0.0747. The second-order valence-corrected chi connectivity index (χ2v) is 7.38. The molecule has 0 unspecified atom stereocenters. The maximum absolute atomic E-state index is 12.9. The van der Waals surface area contributed by atoms with Crippen LogP contribution in [0.4, 0.5) is 5.69 Å². The van der Waals surface area contributed by atoms with Gasteiger partial charge in [0, 0.05) is 49.1 Å². The van der Waals surface area contributed by atoms with E-state index in [4.69, 9.17) is 0 Å². The second kappa shape index (κ2) is 7.91. The van der Waals surface area contributed by atoms with Crippen LogP contribution in [0.1, 0.15) is 21.5 Å². The quantitative estimate of drug-likeness (QED) is 0.744. The molecule has 1 amide bonds. The van der Waals surface area contributed by atoms with Crippen LogP contribution in [0.3, 0.4) is 0 Å². The molecule has 0 spiro atoms. The summed E-state index contributed by atoms with van der Waals surface area (Å²) in [6, 6.07) is 14.8. The number of phenols is 1. The fourth-order valence-corrected chi connectivity index (χ4v) is 3.62. The van der Waals surface area contributed by atoms with E-state index >= 15 is 0 Å². The van der Waals surface area contributed by atoms with Gasteiger partial charge < -0.3 is 14.9 Å². The highest BCUT2D eigenvalue weighted by Gasteiger charge is 2.22. The third-order valence-electron chi connectivity index (χ3n) is 5.52. The number of aromatic hydroxyl groups is 1. The summed E-state index contributed by atoms with van der Waals surface area (Å²) in [7, 11) is 0. The monoisotopic (exact) mass is 388 g/mol. The maximum atomic E-state index is 12.9. The number of hydrogen-bond donors (Lipinski definition) is 1. The number of amides is 1. The number of carbonyl (C=O) groups is 1. The van der Waals surface area contributed by atoms with Crippen LogP contribution in [0, 0.1) is 13.8 Å². The number of phenolic OH excluding ortho intramolecular Hbond substituents is 1. The number of hydrogen-bond acceptors (Lipinski definition) is 5. The van der Waals surface area contributed by atoms with Crippen molar-refractivity contribution in [2.24, 2.45) is 0 Å². The summed E-state index contributed by atoms with van der Waals surface area (Å²) in [5.74, 6) is 0.300. The summed E-state index contributed by atoms with van der Waals surface area (Å²) in [5, 5.41) is 18.0. The third-order valence-corrected chi connectivity index (χ3v) is 5.52. The summed E-state index contributed by atoms with van der Waals surface area (Å²) in [5.41, 5.74) is 5.67. The molecule has 1 saturated heterocycles. The molecular formula is C23H24N4O2. The van der Waals surface area contributed by atoms with Gasteiger partial charge in [0.2, 0.25) is 0 Å². The number of rotatable bonds is 3. The van der Waals surface area contributed by atoms with E-state index in [1.165, 1.54) is 0 Å². The van der Waals surface area contributed by atoms with Crippen molar-refractivity contribution in [3.05, 3.63) is 71.4 Å². The molecule has 6 nitrogen and oxygen atoms in total. The molecular weight excluding hydrogens is 364 g/mol. The van der Waals surface area contributed by atoms with Gasteiger partial charge in [-0.25, -0.2) is 0 Å². The fourth-order valence-electron chi connectivity index (χ4n) is 3.62. The number of piperazine rings is 1. The lowest BCUT2D eigenvalue weighted by Gasteiger charge is -2.36. The first kappa shape index (κ1) is 18.9. The van der Waals surface area contributed by atoms with Crippen molar-refractivity contribution in [3.8, 4) is 17.0 Å². The van der Waals surface area contributed by atoms with Gasteiger partial charge in [0.15, 0.2) is 0 Å². The smallest absolute Gasteiger partial charge is 0.253 e. The van der Waals surface area contributed by atoms with E-state index in [0.29, 0.717) is 18.7 Å². The number of benzene rings is 2. The van der Waals surface area contributed by atoms with Crippen molar-refractivity contribution in [2.75, 3.05) is 31.1 Å². The van der Waals surface area contributed by atoms with Crippen LogP contribution in [0.15, 0.2) is 54.7 Å². The Morgan fingerprint density at radius 2 is 1.72 bits per heavy atom. The zero-order valence-corrected chi connectivity index (χ0v) is 16.7. The van der Waals surface area contributed by atoms with Crippen molar-refractivity contribution in [1.29, 1.82) is 0 Å². The lowest BCUT2D eigenvalue weighted by Crippen LogP contribution is -2.48. The SMILES string of the molecule is Cc1cnnc(-c2ccc(C(=O)N3CCN(c4cccc(O)c4)CC3)cc2)c1C. The Bertz CT molecular complexity index is 1030. The van der Waals surface area contributed by atoms with Gasteiger partial charge in [0.1, 0.15) is 5.75 Å². The highest BCUT2D eigenvalue weighted by atomic mass is 16.3. The zero-order valence-electron chi connectivity index (χ0n) is 16.7. The van der Waals surface area contributed by atoms with Gasteiger partial charge >= 0.3 is 0 Å². The highest BCUT2D eigenvalue weighted by Crippen LogP contribution is 2.24. The molecule has 1 aromatic heterocycles.